The van der Waals surface area contributed by atoms with Crippen LogP contribution in [-0.4, -0.2) is 36.7 Å². The van der Waals surface area contributed by atoms with Crippen molar-refractivity contribution in [2.75, 3.05) is 13.2 Å². The van der Waals surface area contributed by atoms with Crippen LogP contribution >= 0.6 is 0 Å². The summed E-state index contributed by atoms with van der Waals surface area (Å²) in [6.45, 7) is 4.73. The number of ether oxygens (including phenoxy) is 2. The van der Waals surface area contributed by atoms with Gasteiger partial charge in [-0.25, -0.2) is 4.79 Å². The minimum atomic E-state index is -0.872. The summed E-state index contributed by atoms with van der Waals surface area (Å²) in [5.41, 5.74) is 6.25. The average Bonchev–Trinajstić information content (AvgIpc) is 3.08. The Kier molecular flexibility index (Phi) is 7.45. The molecule has 1 aliphatic rings. The fourth-order valence-electron chi connectivity index (χ4n) is 3.15. The monoisotopic (exact) mass is 362 g/mol. The predicted octanol–water partition coefficient (Wildman–Crippen LogP) is 2.34. The maximum atomic E-state index is 12.6. The standard InChI is InChI=1S/C20H30N2O4/c1-3-13-26-16-9-7-15(8-10-16)14-17(18(23)25-4-2)22-19(24)20(21)11-5-6-12-20/h7-10,17H,3-6,11-14,21H2,1-2H3,(H,22,24)/t17-/m0/s1. The largest absolute Gasteiger partial charge is 0.494 e. The molecular weight excluding hydrogens is 332 g/mol. The molecule has 0 heterocycles. The lowest BCUT2D eigenvalue weighted by atomic mass is 9.96. The Hall–Kier alpha value is -2.08. The van der Waals surface area contributed by atoms with Crippen molar-refractivity contribution in [1.29, 1.82) is 0 Å². The van der Waals surface area contributed by atoms with Crippen molar-refractivity contribution < 1.29 is 19.1 Å². The molecule has 144 valence electrons. The van der Waals surface area contributed by atoms with E-state index in [9.17, 15) is 9.59 Å². The molecule has 6 heteroatoms. The van der Waals surface area contributed by atoms with Gasteiger partial charge in [-0.3, -0.25) is 4.79 Å². The van der Waals surface area contributed by atoms with E-state index in [2.05, 4.69) is 12.2 Å². The molecule has 6 nitrogen and oxygen atoms in total. The van der Waals surface area contributed by atoms with E-state index in [0.29, 0.717) is 25.9 Å². The summed E-state index contributed by atoms with van der Waals surface area (Å²) in [7, 11) is 0. The second kappa shape index (κ2) is 9.57. The Balaban J connectivity index is 2.04. The SMILES string of the molecule is CCCOc1ccc(C[C@H](NC(=O)C2(N)CCCC2)C(=O)OCC)cc1. The number of hydrogen-bond acceptors (Lipinski definition) is 5. The summed E-state index contributed by atoms with van der Waals surface area (Å²) in [4.78, 5) is 24.9. The van der Waals surface area contributed by atoms with Crippen LogP contribution in [-0.2, 0) is 20.7 Å². The van der Waals surface area contributed by atoms with Gasteiger partial charge in [0.2, 0.25) is 5.91 Å². The first-order chi connectivity index (χ1) is 12.5. The van der Waals surface area contributed by atoms with Gasteiger partial charge in [0, 0.05) is 6.42 Å². The van der Waals surface area contributed by atoms with Gasteiger partial charge in [-0.1, -0.05) is 31.9 Å². The smallest absolute Gasteiger partial charge is 0.328 e. The quantitative estimate of drug-likeness (QED) is 0.658. The van der Waals surface area contributed by atoms with Gasteiger partial charge in [0.1, 0.15) is 11.8 Å². The summed E-state index contributed by atoms with van der Waals surface area (Å²) in [5.74, 6) is 0.0869. The van der Waals surface area contributed by atoms with Crippen molar-refractivity contribution in [2.45, 2.75) is 64.0 Å². The molecule has 0 radical (unpaired) electrons. The number of carbonyl (C=O) groups is 2. The lowest BCUT2D eigenvalue weighted by Gasteiger charge is -2.26. The second-order valence-corrected chi connectivity index (χ2v) is 6.84. The molecule has 1 aromatic carbocycles. The van der Waals surface area contributed by atoms with E-state index in [1.807, 2.05) is 24.3 Å². The zero-order chi connectivity index (χ0) is 19.0. The number of amides is 1. The van der Waals surface area contributed by atoms with Crippen LogP contribution in [0.25, 0.3) is 0 Å². The van der Waals surface area contributed by atoms with Gasteiger partial charge in [0.05, 0.1) is 18.8 Å². The first kappa shape index (κ1) is 20.2. The molecule has 1 aliphatic carbocycles. The molecule has 1 saturated carbocycles. The van der Waals surface area contributed by atoms with Crippen LogP contribution in [0.1, 0.15) is 51.5 Å². The van der Waals surface area contributed by atoms with Crippen LogP contribution in [0.5, 0.6) is 5.75 Å². The molecule has 1 amide bonds. The Labute approximate surface area is 155 Å². The molecular formula is C20H30N2O4. The highest BCUT2D eigenvalue weighted by Crippen LogP contribution is 2.27. The van der Waals surface area contributed by atoms with E-state index < -0.39 is 17.6 Å². The van der Waals surface area contributed by atoms with E-state index in [0.717, 1.165) is 30.6 Å². The van der Waals surface area contributed by atoms with Crippen LogP contribution in [0, 0.1) is 0 Å². The predicted molar refractivity (Wildman–Crippen MR) is 99.9 cm³/mol. The van der Waals surface area contributed by atoms with E-state index >= 15 is 0 Å². The number of carbonyl (C=O) groups excluding carboxylic acids is 2. The molecule has 1 atom stereocenters. The zero-order valence-electron chi connectivity index (χ0n) is 15.8. The van der Waals surface area contributed by atoms with Crippen molar-refractivity contribution in [3.05, 3.63) is 29.8 Å². The van der Waals surface area contributed by atoms with E-state index in [1.165, 1.54) is 0 Å². The fraction of sp³-hybridized carbons (Fsp3) is 0.600. The lowest BCUT2D eigenvalue weighted by molar-refractivity contribution is -0.148. The summed E-state index contributed by atoms with van der Waals surface area (Å²) in [6, 6.07) is 6.80. The average molecular weight is 362 g/mol. The molecule has 0 saturated heterocycles. The van der Waals surface area contributed by atoms with E-state index in [4.69, 9.17) is 15.2 Å². The molecule has 26 heavy (non-hydrogen) atoms. The van der Waals surface area contributed by atoms with Crippen molar-refractivity contribution >= 4 is 11.9 Å². The number of esters is 1. The molecule has 2 rings (SSSR count). The highest BCUT2D eigenvalue weighted by atomic mass is 16.5. The summed E-state index contributed by atoms with van der Waals surface area (Å²) < 4.78 is 10.7. The Morgan fingerprint density at radius 1 is 1.19 bits per heavy atom. The third kappa shape index (κ3) is 5.46. The topological polar surface area (TPSA) is 90.6 Å². The van der Waals surface area contributed by atoms with Gasteiger partial charge in [0.25, 0.3) is 0 Å². The molecule has 0 bridgehead atoms. The number of benzene rings is 1. The van der Waals surface area contributed by atoms with Crippen molar-refractivity contribution in [3.8, 4) is 5.75 Å². The molecule has 0 spiro atoms. The van der Waals surface area contributed by atoms with Gasteiger partial charge in [0.15, 0.2) is 0 Å². The normalized spacial score (nSPS) is 16.7. The Bertz CT molecular complexity index is 594. The van der Waals surface area contributed by atoms with Gasteiger partial charge < -0.3 is 20.5 Å². The number of nitrogens with two attached hydrogens (primary N) is 1. The van der Waals surface area contributed by atoms with Gasteiger partial charge in [-0.05, 0) is 43.9 Å². The summed E-state index contributed by atoms with van der Waals surface area (Å²) in [6.07, 6.45) is 4.48. The van der Waals surface area contributed by atoms with Crippen LogP contribution in [0.2, 0.25) is 0 Å². The number of nitrogens with one attached hydrogen (secondary N) is 1. The lowest BCUT2D eigenvalue weighted by Crippen LogP contribution is -2.56. The Morgan fingerprint density at radius 2 is 1.85 bits per heavy atom. The summed E-state index contributed by atoms with van der Waals surface area (Å²) in [5, 5.41) is 2.81. The maximum Gasteiger partial charge on any atom is 0.328 e. The van der Waals surface area contributed by atoms with E-state index in [1.54, 1.807) is 6.92 Å². The fourth-order valence-corrected chi connectivity index (χ4v) is 3.15. The first-order valence-corrected chi connectivity index (χ1v) is 9.46. The second-order valence-electron chi connectivity index (χ2n) is 6.84. The van der Waals surface area contributed by atoms with Gasteiger partial charge in [-0.15, -0.1) is 0 Å². The highest BCUT2D eigenvalue weighted by Gasteiger charge is 2.39. The van der Waals surface area contributed by atoms with E-state index in [-0.39, 0.29) is 12.5 Å². The minimum absolute atomic E-state index is 0.267. The molecule has 0 aliphatic heterocycles. The highest BCUT2D eigenvalue weighted by molar-refractivity contribution is 5.90. The third-order valence-corrected chi connectivity index (χ3v) is 4.66. The van der Waals surface area contributed by atoms with Gasteiger partial charge >= 0.3 is 5.97 Å². The van der Waals surface area contributed by atoms with Crippen molar-refractivity contribution in [1.82, 2.24) is 5.32 Å². The van der Waals surface area contributed by atoms with Crippen molar-refractivity contribution in [2.24, 2.45) is 5.73 Å². The molecule has 3 N–H and O–H groups in total. The first-order valence-electron chi connectivity index (χ1n) is 9.46. The Morgan fingerprint density at radius 3 is 2.42 bits per heavy atom. The number of rotatable bonds is 9. The van der Waals surface area contributed by atoms with Crippen molar-refractivity contribution in [3.63, 3.8) is 0 Å². The van der Waals surface area contributed by atoms with Crippen LogP contribution in [0.3, 0.4) is 0 Å². The molecule has 0 unspecified atom stereocenters. The van der Waals surface area contributed by atoms with Crippen LogP contribution in [0.15, 0.2) is 24.3 Å². The third-order valence-electron chi connectivity index (χ3n) is 4.66. The van der Waals surface area contributed by atoms with Crippen LogP contribution in [0.4, 0.5) is 0 Å². The zero-order valence-corrected chi connectivity index (χ0v) is 15.8. The maximum absolute atomic E-state index is 12.6. The molecule has 0 aromatic heterocycles. The number of hydrogen-bond donors (Lipinski definition) is 2. The molecule has 1 fully saturated rings. The van der Waals surface area contributed by atoms with Crippen LogP contribution < -0.4 is 15.8 Å². The summed E-state index contributed by atoms with van der Waals surface area (Å²) >= 11 is 0. The molecule has 1 aromatic rings. The minimum Gasteiger partial charge on any atom is -0.494 e. The van der Waals surface area contributed by atoms with Gasteiger partial charge in [-0.2, -0.15) is 0 Å².